The maximum Gasteiger partial charge on any atom is 0.264 e. The molecule has 0 saturated carbocycles. The molecule has 0 radical (unpaired) electrons. The SMILES string of the molecule is Cc1cc(Br)ccc1OCC(=O)NC(=S)Nc1ccc(S(=O)(=O)N2CCCCC2)cc1. The highest BCUT2D eigenvalue weighted by Gasteiger charge is 2.25. The van der Waals surface area contributed by atoms with Crippen LogP contribution in [0.25, 0.3) is 0 Å². The molecule has 2 N–H and O–H groups in total. The number of nitrogens with zero attached hydrogens (tertiary/aromatic N) is 1. The van der Waals surface area contributed by atoms with Crippen molar-refractivity contribution < 1.29 is 17.9 Å². The second-order valence-corrected chi connectivity index (χ2v) is 10.5. The number of halogens is 1. The molecule has 0 aromatic heterocycles. The van der Waals surface area contributed by atoms with E-state index in [2.05, 4.69) is 26.6 Å². The third-order valence-corrected chi connectivity index (χ3v) is 7.42. The second-order valence-electron chi connectivity index (χ2n) is 7.19. The molecule has 1 aliphatic rings. The Hall–Kier alpha value is -2.01. The fourth-order valence-corrected chi connectivity index (χ4v) is 5.43. The summed E-state index contributed by atoms with van der Waals surface area (Å²) in [5, 5.41) is 5.53. The molecule has 2 aromatic rings. The molecule has 0 aliphatic carbocycles. The van der Waals surface area contributed by atoms with Gasteiger partial charge in [-0.05, 0) is 80.0 Å². The molecule has 1 aliphatic heterocycles. The molecule has 10 heteroatoms. The minimum atomic E-state index is -3.48. The number of aryl methyl sites for hydroxylation is 1. The number of carbonyl (C=O) groups is 1. The van der Waals surface area contributed by atoms with Crippen LogP contribution >= 0.6 is 28.1 Å². The lowest BCUT2D eigenvalue weighted by atomic mass is 10.2. The van der Waals surface area contributed by atoms with Gasteiger partial charge in [-0.3, -0.25) is 10.1 Å². The Balaban J connectivity index is 1.51. The quantitative estimate of drug-likeness (QED) is 0.557. The zero-order chi connectivity index (χ0) is 22.4. The third kappa shape index (κ3) is 6.49. The number of carbonyl (C=O) groups excluding carboxylic acids is 1. The molecule has 0 bridgehead atoms. The van der Waals surface area contributed by atoms with Gasteiger partial charge >= 0.3 is 0 Å². The van der Waals surface area contributed by atoms with E-state index in [9.17, 15) is 13.2 Å². The summed E-state index contributed by atoms with van der Waals surface area (Å²) >= 11 is 8.54. The van der Waals surface area contributed by atoms with E-state index in [0.29, 0.717) is 24.5 Å². The lowest BCUT2D eigenvalue weighted by Gasteiger charge is -2.25. The zero-order valence-corrected chi connectivity index (χ0v) is 20.3. The molecule has 2 aromatic carbocycles. The largest absolute Gasteiger partial charge is 0.483 e. The normalized spacial score (nSPS) is 14.6. The molecule has 1 fully saturated rings. The number of hydrogen-bond donors (Lipinski definition) is 2. The van der Waals surface area contributed by atoms with Crippen LogP contribution in [0.2, 0.25) is 0 Å². The number of thiocarbonyl (C=S) groups is 1. The summed E-state index contributed by atoms with van der Waals surface area (Å²) in [6, 6.07) is 11.8. The molecule has 166 valence electrons. The van der Waals surface area contributed by atoms with Gasteiger partial charge in [-0.25, -0.2) is 8.42 Å². The standard InChI is InChI=1S/C21H24BrN3O4S2/c1-15-13-16(22)5-10-19(15)29-14-20(26)24-21(30)23-17-6-8-18(9-7-17)31(27,28)25-11-3-2-4-12-25/h5-10,13H,2-4,11-12,14H2,1H3,(H2,23,24,26,30). The van der Waals surface area contributed by atoms with Gasteiger partial charge in [-0.1, -0.05) is 22.4 Å². The van der Waals surface area contributed by atoms with Crippen LogP contribution in [0.4, 0.5) is 5.69 Å². The van der Waals surface area contributed by atoms with Gasteiger partial charge in [0.2, 0.25) is 10.0 Å². The minimum absolute atomic E-state index is 0.104. The molecule has 1 saturated heterocycles. The number of hydrogen-bond acceptors (Lipinski definition) is 5. The number of benzene rings is 2. The van der Waals surface area contributed by atoms with Crippen molar-refractivity contribution in [2.24, 2.45) is 0 Å². The topological polar surface area (TPSA) is 87.7 Å². The maximum absolute atomic E-state index is 12.7. The highest BCUT2D eigenvalue weighted by Crippen LogP contribution is 2.23. The monoisotopic (exact) mass is 525 g/mol. The summed E-state index contributed by atoms with van der Waals surface area (Å²) in [4.78, 5) is 12.3. The van der Waals surface area contributed by atoms with Gasteiger partial charge in [0.05, 0.1) is 4.90 Å². The van der Waals surface area contributed by atoms with Crippen molar-refractivity contribution in [1.29, 1.82) is 0 Å². The van der Waals surface area contributed by atoms with E-state index < -0.39 is 15.9 Å². The van der Waals surface area contributed by atoms with Crippen molar-refractivity contribution in [2.75, 3.05) is 25.0 Å². The third-order valence-electron chi connectivity index (χ3n) is 4.81. The molecule has 0 spiro atoms. The Kier molecular flexibility index (Phi) is 8.04. The molecule has 0 unspecified atom stereocenters. The molecule has 3 rings (SSSR count). The molecule has 31 heavy (non-hydrogen) atoms. The first kappa shape index (κ1) is 23.6. The molecule has 7 nitrogen and oxygen atoms in total. The van der Waals surface area contributed by atoms with Gasteiger partial charge in [0.1, 0.15) is 5.75 Å². The minimum Gasteiger partial charge on any atom is -0.483 e. The second kappa shape index (κ2) is 10.5. The number of ether oxygens (including phenoxy) is 1. The van der Waals surface area contributed by atoms with Crippen molar-refractivity contribution in [2.45, 2.75) is 31.1 Å². The summed E-state index contributed by atoms with van der Waals surface area (Å²) < 4.78 is 33.4. The number of nitrogens with one attached hydrogen (secondary N) is 2. The molecule has 1 amide bonds. The van der Waals surface area contributed by atoms with Crippen molar-refractivity contribution >= 4 is 54.9 Å². The summed E-state index contributed by atoms with van der Waals surface area (Å²) in [5.41, 5.74) is 1.48. The molecule has 0 atom stereocenters. The molecular formula is C21H24BrN3O4S2. The number of anilines is 1. The van der Waals surface area contributed by atoms with Crippen molar-refractivity contribution in [3.05, 3.63) is 52.5 Å². The first-order valence-corrected chi connectivity index (χ1v) is 12.5. The highest BCUT2D eigenvalue weighted by atomic mass is 79.9. The Bertz CT molecular complexity index is 1050. The van der Waals surface area contributed by atoms with Crippen LogP contribution in [0.3, 0.4) is 0 Å². The number of amides is 1. The smallest absolute Gasteiger partial charge is 0.264 e. The summed E-state index contributed by atoms with van der Waals surface area (Å²) in [5.74, 6) is 0.215. The van der Waals surface area contributed by atoms with Crippen LogP contribution in [-0.2, 0) is 14.8 Å². The van der Waals surface area contributed by atoms with Gasteiger partial charge < -0.3 is 10.1 Å². The Labute approximate surface area is 196 Å². The van der Waals surface area contributed by atoms with Gasteiger partial charge in [0, 0.05) is 23.2 Å². The van der Waals surface area contributed by atoms with Gasteiger partial charge in [0.15, 0.2) is 11.7 Å². The number of piperidine rings is 1. The van der Waals surface area contributed by atoms with Crippen LogP contribution in [0.5, 0.6) is 5.75 Å². The van der Waals surface area contributed by atoms with E-state index >= 15 is 0 Å². The number of sulfonamides is 1. The zero-order valence-electron chi connectivity index (χ0n) is 17.1. The van der Waals surface area contributed by atoms with Crippen LogP contribution in [0.1, 0.15) is 24.8 Å². The van der Waals surface area contributed by atoms with Crippen LogP contribution in [-0.4, -0.2) is 43.4 Å². The lowest BCUT2D eigenvalue weighted by molar-refractivity contribution is -0.121. The van der Waals surface area contributed by atoms with Crippen LogP contribution < -0.4 is 15.4 Å². The van der Waals surface area contributed by atoms with E-state index in [-0.39, 0.29) is 16.6 Å². The van der Waals surface area contributed by atoms with E-state index in [4.69, 9.17) is 17.0 Å². The summed E-state index contributed by atoms with van der Waals surface area (Å²) in [7, 11) is -3.48. The van der Waals surface area contributed by atoms with Crippen molar-refractivity contribution in [1.82, 2.24) is 9.62 Å². The predicted octanol–water partition coefficient (Wildman–Crippen LogP) is 3.82. The first-order chi connectivity index (χ1) is 14.8. The first-order valence-electron chi connectivity index (χ1n) is 9.86. The van der Waals surface area contributed by atoms with E-state index in [1.165, 1.54) is 16.4 Å². The predicted molar refractivity (Wildman–Crippen MR) is 128 cm³/mol. The lowest BCUT2D eigenvalue weighted by Crippen LogP contribution is -2.37. The Morgan fingerprint density at radius 2 is 1.81 bits per heavy atom. The van der Waals surface area contributed by atoms with E-state index in [1.54, 1.807) is 18.2 Å². The Morgan fingerprint density at radius 1 is 1.13 bits per heavy atom. The number of rotatable bonds is 6. The average Bonchev–Trinajstić information content (AvgIpc) is 2.74. The van der Waals surface area contributed by atoms with Gasteiger partial charge in [0.25, 0.3) is 5.91 Å². The fraction of sp³-hybridized carbons (Fsp3) is 0.333. The van der Waals surface area contributed by atoms with E-state index in [0.717, 1.165) is 29.3 Å². The van der Waals surface area contributed by atoms with E-state index in [1.807, 2.05) is 19.1 Å². The molecular weight excluding hydrogens is 502 g/mol. The van der Waals surface area contributed by atoms with Gasteiger partial charge in [-0.2, -0.15) is 4.31 Å². The summed E-state index contributed by atoms with van der Waals surface area (Å²) in [6.07, 6.45) is 2.84. The van der Waals surface area contributed by atoms with Gasteiger partial charge in [-0.15, -0.1) is 0 Å². The average molecular weight is 526 g/mol. The summed E-state index contributed by atoms with van der Waals surface area (Å²) in [6.45, 7) is 2.82. The van der Waals surface area contributed by atoms with Crippen molar-refractivity contribution in [3.63, 3.8) is 0 Å². The maximum atomic E-state index is 12.7. The fourth-order valence-electron chi connectivity index (χ4n) is 3.21. The Morgan fingerprint density at radius 3 is 2.45 bits per heavy atom. The molecule has 1 heterocycles. The van der Waals surface area contributed by atoms with Crippen molar-refractivity contribution in [3.8, 4) is 5.75 Å². The van der Waals surface area contributed by atoms with Crippen LogP contribution in [0, 0.1) is 6.92 Å². The highest BCUT2D eigenvalue weighted by molar-refractivity contribution is 9.10. The van der Waals surface area contributed by atoms with Crippen LogP contribution in [0.15, 0.2) is 51.8 Å².